The van der Waals surface area contributed by atoms with E-state index in [-0.39, 0.29) is 0 Å². The van der Waals surface area contributed by atoms with Gasteiger partial charge in [0, 0.05) is 0 Å². The Morgan fingerprint density at radius 2 is 0.717 bits per heavy atom. The minimum atomic E-state index is 0.500. The monoisotopic (exact) mass is 859 g/mol. The average molecular weight is 860 g/mol. The molecule has 5 fully saturated rings. The molecule has 0 N–H and O–H groups in total. The van der Waals surface area contributed by atoms with E-state index < -0.39 is 0 Å². The van der Waals surface area contributed by atoms with E-state index in [1.165, 1.54) is 116 Å². The van der Waals surface area contributed by atoms with E-state index in [1.54, 1.807) is 0 Å². The highest BCUT2D eigenvalue weighted by Gasteiger charge is 2.30. The first-order chi connectivity index (χ1) is 27.6. The Labute approximate surface area is 392 Å². The molecule has 5 aliphatic rings. The fourth-order valence-corrected chi connectivity index (χ4v) is 2.42. The predicted molar refractivity (Wildman–Crippen MR) is 295 cm³/mol. The summed E-state index contributed by atoms with van der Waals surface area (Å²) < 4.78 is 0. The fraction of sp³-hybridized carbons (Fsp3) is 1.00. The van der Waals surface area contributed by atoms with Crippen LogP contribution in [0.15, 0.2) is 0 Å². The molecule has 0 radical (unpaired) electrons. The van der Waals surface area contributed by atoms with Gasteiger partial charge in [0.05, 0.1) is 0 Å². The first kappa shape index (κ1) is 80.3. The van der Waals surface area contributed by atoms with Crippen LogP contribution >= 0.6 is 0 Å². The molecule has 60 heavy (non-hydrogen) atoms. The Morgan fingerprint density at radius 1 is 0.500 bits per heavy atom. The van der Waals surface area contributed by atoms with Gasteiger partial charge in [-0.05, 0) is 83.4 Å². The Bertz CT molecular complexity index is 585. The van der Waals surface area contributed by atoms with Crippen molar-refractivity contribution in [2.75, 3.05) is 0 Å². The quantitative estimate of drug-likeness (QED) is 0.250. The van der Waals surface area contributed by atoms with Gasteiger partial charge in [0.1, 0.15) is 0 Å². The lowest BCUT2D eigenvalue weighted by Gasteiger charge is -2.18. The maximum Gasteiger partial charge on any atom is -0.0354 e. The molecule has 5 saturated carbocycles. The first-order valence-electron chi connectivity index (χ1n) is 27.6. The van der Waals surface area contributed by atoms with Crippen LogP contribution in [-0.4, -0.2) is 0 Å². The van der Waals surface area contributed by atoms with Crippen molar-refractivity contribution < 1.29 is 0 Å². The van der Waals surface area contributed by atoms with Crippen LogP contribution in [0.3, 0.4) is 0 Å². The van der Waals surface area contributed by atoms with Crippen LogP contribution in [0.4, 0.5) is 0 Å². The van der Waals surface area contributed by atoms with Gasteiger partial charge in [-0.2, -0.15) is 0 Å². The minimum absolute atomic E-state index is 0.500. The minimum Gasteiger partial charge on any atom is -0.0683 e. The lowest BCUT2D eigenvalue weighted by Crippen LogP contribution is -2.04. The van der Waals surface area contributed by atoms with Crippen molar-refractivity contribution in [2.45, 2.75) is 330 Å². The molecule has 0 aliphatic heterocycles. The molecule has 0 bridgehead atoms. The molecule has 2 atom stereocenters. The van der Waals surface area contributed by atoms with E-state index in [2.05, 4.69) is 187 Å². The molecule has 0 heterocycles. The van der Waals surface area contributed by atoms with Crippen molar-refractivity contribution in [2.24, 2.45) is 64.1 Å². The number of hydrogen-bond acceptors (Lipinski definition) is 0. The number of rotatable bonds is 6. The van der Waals surface area contributed by atoms with E-state index in [4.69, 9.17) is 0 Å². The van der Waals surface area contributed by atoms with Crippen molar-refractivity contribution in [1.29, 1.82) is 0 Å². The zero-order valence-corrected chi connectivity index (χ0v) is 49.9. The van der Waals surface area contributed by atoms with E-state index >= 15 is 0 Å². The first-order valence-corrected chi connectivity index (χ1v) is 27.6. The molecule has 5 rings (SSSR count). The Kier molecular flexibility index (Phi) is 81.8. The summed E-state index contributed by atoms with van der Waals surface area (Å²) in [5, 5.41) is 0. The highest BCUT2D eigenvalue weighted by atomic mass is 14.4. The molecule has 0 aromatic carbocycles. The summed E-state index contributed by atoms with van der Waals surface area (Å²) in [5.41, 5.74) is 1.25. The second-order valence-corrected chi connectivity index (χ2v) is 22.5. The van der Waals surface area contributed by atoms with Crippen molar-refractivity contribution in [3.05, 3.63) is 0 Å². The molecular weight excluding hydrogens is 721 g/mol. The average Bonchev–Trinajstić information content (AvgIpc) is 3.95. The third-order valence-corrected chi connectivity index (χ3v) is 9.65. The normalized spacial score (nSPS) is 17.6. The van der Waals surface area contributed by atoms with Crippen LogP contribution in [0.2, 0.25) is 0 Å². The zero-order valence-electron chi connectivity index (χ0n) is 49.9. The molecular formula is C60H138. The van der Waals surface area contributed by atoms with Crippen molar-refractivity contribution in [3.63, 3.8) is 0 Å². The van der Waals surface area contributed by atoms with Gasteiger partial charge in [-0.15, -0.1) is 0 Å². The van der Waals surface area contributed by atoms with Gasteiger partial charge < -0.3 is 0 Å². The summed E-state index contributed by atoms with van der Waals surface area (Å²) in [6.07, 6.45) is 25.5. The molecule has 0 aromatic heterocycles. The number of hydrogen-bond donors (Lipinski definition) is 0. The van der Waals surface area contributed by atoms with E-state index in [1.807, 2.05) is 27.7 Å². The molecule has 0 heteroatoms. The molecule has 0 amide bonds. The SMILES string of the molecule is CC.CC.CC(C)(C)C.CC(C)C.CC(C)C(C)C.CC1(C)CC1.CC1CC1.CC1CC1C.CC1CCC1.CCC.CCC(C)C.CCC1CC1.CCCC.CCCCC. The summed E-state index contributed by atoms with van der Waals surface area (Å²) in [6.45, 7) is 67.9. The van der Waals surface area contributed by atoms with Crippen LogP contribution < -0.4 is 0 Å². The lowest BCUT2D eigenvalue weighted by molar-refractivity contribution is 0.346. The maximum atomic E-state index is 2.31. The van der Waals surface area contributed by atoms with Crippen LogP contribution in [0.1, 0.15) is 330 Å². The number of unbranched alkanes of at least 4 members (excludes halogenated alkanes) is 3. The zero-order chi connectivity index (χ0) is 49.9. The van der Waals surface area contributed by atoms with E-state index in [0.717, 1.165) is 58.7 Å². The lowest BCUT2D eigenvalue weighted by atomic mass is 9.88. The third-order valence-electron chi connectivity index (χ3n) is 9.65. The van der Waals surface area contributed by atoms with Crippen LogP contribution in [-0.2, 0) is 0 Å². The summed E-state index contributed by atoms with van der Waals surface area (Å²) in [7, 11) is 0. The van der Waals surface area contributed by atoms with Crippen molar-refractivity contribution >= 4 is 0 Å². The van der Waals surface area contributed by atoms with E-state index in [0.29, 0.717) is 5.41 Å². The Balaban J connectivity index is -0.0000000672. The molecule has 0 saturated heterocycles. The van der Waals surface area contributed by atoms with Gasteiger partial charge >= 0.3 is 0 Å². The van der Waals surface area contributed by atoms with Gasteiger partial charge in [0.2, 0.25) is 0 Å². The van der Waals surface area contributed by atoms with Crippen LogP contribution in [0.5, 0.6) is 0 Å². The highest BCUT2D eigenvalue weighted by molar-refractivity contribution is 4.82. The van der Waals surface area contributed by atoms with Gasteiger partial charge in [0.25, 0.3) is 0 Å². The predicted octanol–water partition coefficient (Wildman–Crippen LogP) is 24.0. The largest absolute Gasteiger partial charge is 0.0683 e. The topological polar surface area (TPSA) is 0 Å². The van der Waals surface area contributed by atoms with Gasteiger partial charge in [0.15, 0.2) is 0 Å². The fourth-order valence-electron chi connectivity index (χ4n) is 2.42. The van der Waals surface area contributed by atoms with Gasteiger partial charge in [-0.1, -0.05) is 311 Å². The molecule has 378 valence electrons. The van der Waals surface area contributed by atoms with E-state index in [9.17, 15) is 0 Å². The Morgan fingerprint density at radius 3 is 0.717 bits per heavy atom. The van der Waals surface area contributed by atoms with Gasteiger partial charge in [-0.3, -0.25) is 0 Å². The smallest absolute Gasteiger partial charge is 0.0354 e. The molecule has 5 aliphatic carbocycles. The maximum absolute atomic E-state index is 2.31. The van der Waals surface area contributed by atoms with Gasteiger partial charge in [-0.25, -0.2) is 0 Å². The second kappa shape index (κ2) is 61.1. The molecule has 0 aromatic rings. The van der Waals surface area contributed by atoms with Crippen LogP contribution in [0, 0.1) is 64.1 Å². The highest BCUT2D eigenvalue weighted by Crippen LogP contribution is 2.43. The molecule has 2 unspecified atom stereocenters. The van der Waals surface area contributed by atoms with Crippen LogP contribution in [0.25, 0.3) is 0 Å². The molecule has 0 nitrogen and oxygen atoms in total. The third kappa shape index (κ3) is 163. The summed E-state index contributed by atoms with van der Waals surface area (Å²) in [4.78, 5) is 0. The summed E-state index contributed by atoms with van der Waals surface area (Å²) >= 11 is 0. The Hall–Kier alpha value is 0. The second-order valence-electron chi connectivity index (χ2n) is 22.5. The van der Waals surface area contributed by atoms with Crippen molar-refractivity contribution in [1.82, 2.24) is 0 Å². The summed E-state index contributed by atoms with van der Waals surface area (Å²) in [6, 6.07) is 0. The van der Waals surface area contributed by atoms with Crippen molar-refractivity contribution in [3.8, 4) is 0 Å². The molecule has 0 spiro atoms. The summed E-state index contributed by atoms with van der Waals surface area (Å²) in [5.74, 6) is 8.81. The standard InChI is InChI=1S/C6H14.4C5H10.3C5H12.C4H8.2C4H10.C3H8.2C2H6/c1-5(2)6(3)4;1-5(2)3-4-5;1-4-3-5(4)2;1-5-3-2-4-5;1-2-5-3-4-5;1-5(2,3)4;1-4-5(2)3;1-3-5-4-2;1-4-2-3-4;1-4(2)3;1-3-4-2;1-3-2;2*1-2/h5-6H,1-4H3;3-4H2,1-2H3;4-5H,3H2,1-2H3;2*5H,2-4H2,1H3;1-4H3;5H,4H2,1-3H3;3-5H2,1-2H3;4H,2-3H2,1H3;4H,1-3H3;3-4H2,1-2H3;3H2,1-2H3;2*1-2H3.